The molecule has 0 bridgehead atoms. The van der Waals surface area contributed by atoms with E-state index in [1.54, 1.807) is 19.2 Å². The maximum atomic E-state index is 13.8. The van der Waals surface area contributed by atoms with Gasteiger partial charge in [0.05, 0.1) is 38.8 Å². The lowest BCUT2D eigenvalue weighted by Gasteiger charge is -2.37. The quantitative estimate of drug-likeness (QED) is 0.486. The maximum Gasteiger partial charge on any atom is 0.343 e. The summed E-state index contributed by atoms with van der Waals surface area (Å²) in [6.07, 6.45) is 0.0645. The molecule has 2 aromatic heterocycles. The lowest BCUT2D eigenvalue weighted by Crippen LogP contribution is -2.45. The molecule has 5 rings (SSSR count). The Morgan fingerprint density at radius 3 is 2.66 bits per heavy atom. The number of carbonyl (C=O) groups is 1. The number of aromatic nitrogens is 2. The molecule has 38 heavy (non-hydrogen) atoms. The predicted octanol–water partition coefficient (Wildman–Crippen LogP) is 4.22. The van der Waals surface area contributed by atoms with E-state index in [0.29, 0.717) is 17.0 Å². The summed E-state index contributed by atoms with van der Waals surface area (Å²) >= 11 is 0. The number of fused-ring (bicyclic) bond motifs is 5. The zero-order valence-corrected chi connectivity index (χ0v) is 23.4. The topological polar surface area (TPSA) is 93.9 Å². The van der Waals surface area contributed by atoms with Crippen molar-refractivity contribution in [2.75, 3.05) is 20.7 Å². The number of aryl methyl sites for hydroxylation is 1. The fourth-order valence-electron chi connectivity index (χ4n) is 5.88. The van der Waals surface area contributed by atoms with Crippen LogP contribution in [0.25, 0.3) is 22.3 Å². The van der Waals surface area contributed by atoms with E-state index in [4.69, 9.17) is 17.2 Å². The molecule has 0 aliphatic carbocycles. The lowest BCUT2D eigenvalue weighted by molar-refractivity contribution is -0.174. The average molecular weight is 522 g/mol. The van der Waals surface area contributed by atoms with Crippen molar-refractivity contribution in [3.05, 3.63) is 56.4 Å². The summed E-state index contributed by atoms with van der Waals surface area (Å²) in [4.78, 5) is 33.8. The third kappa shape index (κ3) is 3.68. The molecule has 1 N–H and O–H groups in total. The van der Waals surface area contributed by atoms with Crippen LogP contribution in [0.4, 0.5) is 0 Å². The van der Waals surface area contributed by atoms with Crippen LogP contribution in [0.2, 0.25) is 0 Å². The van der Waals surface area contributed by atoms with E-state index in [1.807, 2.05) is 33.9 Å². The van der Waals surface area contributed by atoms with Crippen LogP contribution in [0.3, 0.4) is 0 Å². The van der Waals surface area contributed by atoms with Crippen LogP contribution in [0.5, 0.6) is 5.75 Å². The molecular formula is C30H37N3O5. The first-order valence-corrected chi connectivity index (χ1v) is 13.1. The van der Waals surface area contributed by atoms with Gasteiger partial charge in [-0.15, -0.1) is 0 Å². The first-order valence-electron chi connectivity index (χ1n) is 14.1. The number of aliphatic hydroxyl groups is 1. The normalized spacial score (nSPS) is 20.7. The molecule has 0 saturated heterocycles. The monoisotopic (exact) mass is 521 g/mol. The van der Waals surface area contributed by atoms with Gasteiger partial charge in [-0.05, 0) is 70.5 Å². The number of rotatable bonds is 6. The summed E-state index contributed by atoms with van der Waals surface area (Å²) in [6, 6.07) is 5.23. The number of methoxy groups -OCH3 is 1. The van der Waals surface area contributed by atoms with Gasteiger partial charge in [0.15, 0.2) is 5.60 Å². The van der Waals surface area contributed by atoms with Gasteiger partial charge in [0.2, 0.25) is 0 Å². The van der Waals surface area contributed by atoms with Gasteiger partial charge < -0.3 is 19.1 Å². The van der Waals surface area contributed by atoms with Gasteiger partial charge in [0.25, 0.3) is 5.56 Å². The van der Waals surface area contributed by atoms with Crippen LogP contribution < -0.4 is 10.3 Å². The average Bonchev–Trinajstić information content (AvgIpc) is 3.09. The Labute approximate surface area is 226 Å². The highest BCUT2D eigenvalue weighted by Gasteiger charge is 2.47. The van der Waals surface area contributed by atoms with Gasteiger partial charge in [-0.3, -0.25) is 9.69 Å². The van der Waals surface area contributed by atoms with Crippen LogP contribution in [-0.4, -0.2) is 46.2 Å². The predicted molar refractivity (Wildman–Crippen MR) is 146 cm³/mol. The second kappa shape index (κ2) is 8.92. The van der Waals surface area contributed by atoms with Gasteiger partial charge in [-0.25, -0.2) is 9.78 Å². The van der Waals surface area contributed by atoms with E-state index in [2.05, 4.69) is 25.7 Å². The summed E-state index contributed by atoms with van der Waals surface area (Å²) in [7, 11) is 3.65. The number of benzene rings is 1. The Balaban J connectivity index is 1.86. The Hall–Kier alpha value is -3.23. The highest BCUT2D eigenvalue weighted by Crippen LogP contribution is 2.44. The van der Waals surface area contributed by atoms with E-state index < -0.39 is 29.2 Å². The zero-order valence-electron chi connectivity index (χ0n) is 25.4. The second-order valence-electron chi connectivity index (χ2n) is 11.3. The van der Waals surface area contributed by atoms with Gasteiger partial charge in [0.1, 0.15) is 12.4 Å². The minimum absolute atomic E-state index is 0.0645. The number of cyclic esters (lactones) is 1. The molecule has 0 amide bonds. The Morgan fingerprint density at radius 2 is 2.03 bits per heavy atom. The number of pyridine rings is 2. The number of esters is 1. The smallest absolute Gasteiger partial charge is 0.343 e. The van der Waals surface area contributed by atoms with E-state index >= 15 is 0 Å². The standard InChI is InChI=1S/C30H37N3O5/c1-9-32(7)29(5,6)24-19-11-18-14-33-23(25(18)31-22(19)10-17(4)26(24)37-8)12-21-20(27(33)34)15-38-28(35)30(21,36)13-16(2)3/h10-12,16,36H,9,13-15H2,1-8H3/t30-/m0/s1/i14D2. The van der Waals surface area contributed by atoms with Gasteiger partial charge in [0, 0.05) is 27.6 Å². The number of nitrogens with zero attached hydrogens (tertiary/aromatic N) is 3. The summed E-state index contributed by atoms with van der Waals surface area (Å²) in [6.45, 7) is 10.2. The number of hydrogen-bond acceptors (Lipinski definition) is 7. The summed E-state index contributed by atoms with van der Waals surface area (Å²) < 4.78 is 30.4. The third-order valence-corrected chi connectivity index (χ3v) is 8.12. The first-order chi connectivity index (χ1) is 18.6. The molecule has 0 unspecified atom stereocenters. The number of hydrogen-bond donors (Lipinski definition) is 1. The van der Waals surface area contributed by atoms with E-state index in [1.165, 1.54) is 0 Å². The maximum absolute atomic E-state index is 13.8. The minimum Gasteiger partial charge on any atom is -0.496 e. The molecule has 8 nitrogen and oxygen atoms in total. The van der Waals surface area contributed by atoms with Crippen LogP contribution in [0.1, 0.15) is 71.6 Å². The van der Waals surface area contributed by atoms with Gasteiger partial charge >= 0.3 is 5.97 Å². The third-order valence-electron chi connectivity index (χ3n) is 8.12. The highest BCUT2D eigenvalue weighted by atomic mass is 16.6. The van der Waals surface area contributed by atoms with Crippen molar-refractivity contribution in [3.8, 4) is 17.1 Å². The molecule has 0 fully saturated rings. The van der Waals surface area contributed by atoms with E-state index in [0.717, 1.165) is 27.6 Å². The molecule has 1 atom stereocenters. The number of carbonyl (C=O) groups excluding carboxylic acids is 1. The number of ether oxygens (including phenoxy) is 2. The minimum atomic E-state index is -2.23. The summed E-state index contributed by atoms with van der Waals surface area (Å²) in [5.41, 5.74) is 0.275. The van der Waals surface area contributed by atoms with Crippen molar-refractivity contribution >= 4 is 16.9 Å². The summed E-state index contributed by atoms with van der Waals surface area (Å²) in [5, 5.41) is 12.2. The van der Waals surface area contributed by atoms with Crippen LogP contribution in [-0.2, 0) is 33.8 Å². The van der Waals surface area contributed by atoms with Crippen molar-refractivity contribution in [3.63, 3.8) is 0 Å². The second-order valence-corrected chi connectivity index (χ2v) is 11.3. The molecule has 0 spiro atoms. The molecule has 2 aliphatic rings. The lowest BCUT2D eigenvalue weighted by atomic mass is 9.82. The Morgan fingerprint density at radius 1 is 1.32 bits per heavy atom. The summed E-state index contributed by atoms with van der Waals surface area (Å²) in [5.74, 6) is -0.167. The van der Waals surface area contributed by atoms with Crippen molar-refractivity contribution in [2.45, 2.75) is 72.2 Å². The van der Waals surface area contributed by atoms with E-state index in [9.17, 15) is 14.7 Å². The fourth-order valence-corrected chi connectivity index (χ4v) is 5.88. The molecule has 8 heteroatoms. The molecule has 0 radical (unpaired) electrons. The first kappa shape index (κ1) is 23.9. The molecule has 0 saturated carbocycles. The molecule has 2 aliphatic heterocycles. The van der Waals surface area contributed by atoms with Crippen molar-refractivity contribution in [1.82, 2.24) is 14.5 Å². The SMILES string of the molecule is [2H]C1([2H])c2cc3c(C(C)(C)N(C)CC)c(OC)c(C)cc3nc2-c2cc3c(c(=O)n21)COC(=O)[C@]3(O)CC(C)C. The molecule has 3 aromatic rings. The van der Waals surface area contributed by atoms with Crippen molar-refractivity contribution in [2.24, 2.45) is 5.92 Å². The molecule has 4 heterocycles. The van der Waals surface area contributed by atoms with Gasteiger partial charge in [-0.2, -0.15) is 0 Å². The Kier molecular flexibility index (Phi) is 5.60. The zero-order chi connectivity index (χ0) is 29.5. The Bertz CT molecular complexity index is 1630. The van der Waals surface area contributed by atoms with Crippen LogP contribution >= 0.6 is 0 Å². The van der Waals surface area contributed by atoms with Crippen LogP contribution in [0.15, 0.2) is 23.0 Å². The van der Waals surface area contributed by atoms with Crippen molar-refractivity contribution in [1.29, 1.82) is 0 Å². The molecule has 202 valence electrons. The largest absolute Gasteiger partial charge is 0.496 e. The van der Waals surface area contributed by atoms with Crippen molar-refractivity contribution < 1.29 is 22.1 Å². The fraction of sp³-hybridized carbons (Fsp3) is 0.500. The molecular weight excluding hydrogens is 482 g/mol. The van der Waals surface area contributed by atoms with E-state index in [-0.39, 0.29) is 41.3 Å². The highest BCUT2D eigenvalue weighted by molar-refractivity contribution is 5.91. The van der Waals surface area contributed by atoms with Crippen LogP contribution in [0, 0.1) is 12.8 Å². The molecule has 1 aromatic carbocycles. The van der Waals surface area contributed by atoms with Gasteiger partial charge in [-0.1, -0.05) is 20.8 Å².